The Kier molecular flexibility index (Phi) is 6.82. The number of anilines is 1. The van der Waals surface area contributed by atoms with Crippen LogP contribution >= 0.6 is 0 Å². The lowest BCUT2D eigenvalue weighted by atomic mass is 10.1. The van der Waals surface area contributed by atoms with Crippen molar-refractivity contribution in [3.05, 3.63) is 78.6 Å². The Balaban J connectivity index is 1.38. The molecule has 1 unspecified atom stereocenters. The van der Waals surface area contributed by atoms with Crippen LogP contribution < -0.4 is 9.64 Å². The first-order valence-electron chi connectivity index (χ1n) is 10.6. The van der Waals surface area contributed by atoms with Crippen LogP contribution in [0.25, 0.3) is 0 Å². The highest BCUT2D eigenvalue weighted by Crippen LogP contribution is 2.23. The molecule has 0 bridgehead atoms. The molecule has 1 fully saturated rings. The van der Waals surface area contributed by atoms with Gasteiger partial charge in [0.15, 0.2) is 0 Å². The van der Waals surface area contributed by atoms with Gasteiger partial charge < -0.3 is 19.1 Å². The van der Waals surface area contributed by atoms with Gasteiger partial charge in [0.25, 0.3) is 0 Å². The molecule has 0 aliphatic carbocycles. The lowest BCUT2D eigenvalue weighted by Gasteiger charge is -2.34. The highest BCUT2D eigenvalue weighted by atomic mass is 19.1. The molecule has 2 aromatic carbocycles. The Morgan fingerprint density at radius 1 is 1.03 bits per heavy atom. The summed E-state index contributed by atoms with van der Waals surface area (Å²) < 4.78 is 21.5. The molecule has 3 aromatic rings. The van der Waals surface area contributed by atoms with Gasteiger partial charge in [-0.1, -0.05) is 12.1 Å². The van der Waals surface area contributed by atoms with E-state index in [4.69, 9.17) is 4.74 Å². The van der Waals surface area contributed by atoms with Gasteiger partial charge in [0, 0.05) is 44.3 Å². The van der Waals surface area contributed by atoms with Crippen LogP contribution in [0.5, 0.6) is 5.75 Å². The number of imidazole rings is 1. The molecule has 1 amide bonds. The van der Waals surface area contributed by atoms with E-state index in [9.17, 15) is 9.18 Å². The van der Waals surface area contributed by atoms with Crippen molar-refractivity contribution in [3.63, 3.8) is 0 Å². The monoisotopic (exact) mass is 422 g/mol. The Labute approximate surface area is 181 Å². The number of hydrogen-bond donors (Lipinski definition) is 0. The minimum atomic E-state index is -0.220. The summed E-state index contributed by atoms with van der Waals surface area (Å²) in [6, 6.07) is 14.8. The van der Waals surface area contributed by atoms with Crippen molar-refractivity contribution in [2.75, 3.05) is 31.1 Å². The molecule has 0 spiro atoms. The Hall–Kier alpha value is -3.35. The van der Waals surface area contributed by atoms with Crippen molar-refractivity contribution in [2.45, 2.75) is 25.5 Å². The summed E-state index contributed by atoms with van der Waals surface area (Å²) in [5.74, 6) is 0.599. The van der Waals surface area contributed by atoms with Crippen molar-refractivity contribution < 1.29 is 13.9 Å². The van der Waals surface area contributed by atoms with Gasteiger partial charge in [-0.15, -0.1) is 0 Å². The highest BCUT2D eigenvalue weighted by Gasteiger charge is 2.16. The van der Waals surface area contributed by atoms with Gasteiger partial charge in [-0.2, -0.15) is 0 Å². The fraction of sp³-hybridized carbons (Fsp3) is 0.333. The third kappa shape index (κ3) is 5.84. The molecular formula is C24H27FN4O2. The smallest absolute Gasteiger partial charge is 0.209 e. The lowest BCUT2D eigenvalue weighted by Crippen LogP contribution is -2.45. The molecule has 1 saturated heterocycles. The van der Waals surface area contributed by atoms with E-state index >= 15 is 0 Å². The molecular weight excluding hydrogens is 395 g/mol. The highest BCUT2D eigenvalue weighted by molar-refractivity contribution is 5.52. The number of carbonyl (C=O) groups excluding carboxylic acids is 1. The maximum absolute atomic E-state index is 13.2. The second-order valence-electron chi connectivity index (χ2n) is 7.79. The lowest BCUT2D eigenvalue weighted by molar-refractivity contribution is -0.118. The van der Waals surface area contributed by atoms with E-state index in [1.165, 1.54) is 12.1 Å². The number of hydrogen-bond acceptors (Lipinski definition) is 4. The van der Waals surface area contributed by atoms with Crippen LogP contribution in [0.2, 0.25) is 0 Å². The number of halogens is 1. The van der Waals surface area contributed by atoms with E-state index in [0.29, 0.717) is 6.54 Å². The van der Waals surface area contributed by atoms with E-state index in [-0.39, 0.29) is 11.9 Å². The topological polar surface area (TPSA) is 50.6 Å². The van der Waals surface area contributed by atoms with E-state index in [2.05, 4.69) is 22.0 Å². The molecule has 7 heteroatoms. The van der Waals surface area contributed by atoms with Gasteiger partial charge in [-0.05, 0) is 54.8 Å². The minimum Gasteiger partial charge on any atom is -0.489 e. The van der Waals surface area contributed by atoms with Gasteiger partial charge in [-0.25, -0.2) is 9.37 Å². The van der Waals surface area contributed by atoms with Crippen molar-refractivity contribution in [2.24, 2.45) is 0 Å². The Morgan fingerprint density at radius 2 is 1.77 bits per heavy atom. The summed E-state index contributed by atoms with van der Waals surface area (Å²) in [5, 5.41) is 0. The van der Waals surface area contributed by atoms with Crippen LogP contribution in [0, 0.1) is 5.82 Å². The zero-order valence-corrected chi connectivity index (χ0v) is 17.4. The first-order chi connectivity index (χ1) is 15.2. The summed E-state index contributed by atoms with van der Waals surface area (Å²) in [6.45, 7) is 3.85. The number of carbonyl (C=O) groups is 1. The van der Waals surface area contributed by atoms with Crippen molar-refractivity contribution >= 4 is 12.1 Å². The number of aryl methyl sites for hydroxylation is 1. The van der Waals surface area contributed by atoms with E-state index in [1.807, 2.05) is 35.0 Å². The molecule has 0 saturated carbocycles. The largest absolute Gasteiger partial charge is 0.489 e. The van der Waals surface area contributed by atoms with Gasteiger partial charge >= 0.3 is 0 Å². The number of benzene rings is 2. The molecule has 1 aromatic heterocycles. The third-order valence-electron chi connectivity index (χ3n) is 5.61. The van der Waals surface area contributed by atoms with Crippen LogP contribution in [-0.4, -0.2) is 53.1 Å². The molecule has 162 valence electrons. The van der Waals surface area contributed by atoms with Crippen LogP contribution in [-0.2, 0) is 17.8 Å². The van der Waals surface area contributed by atoms with Gasteiger partial charge in [0.1, 0.15) is 17.7 Å². The Morgan fingerprint density at radius 3 is 2.42 bits per heavy atom. The second kappa shape index (κ2) is 10.1. The summed E-state index contributed by atoms with van der Waals surface area (Å²) in [7, 11) is 0. The minimum absolute atomic E-state index is 0.0405. The van der Waals surface area contributed by atoms with E-state index in [1.54, 1.807) is 17.4 Å². The molecule has 4 rings (SSSR count). The van der Waals surface area contributed by atoms with Crippen LogP contribution in [0.3, 0.4) is 0 Å². The van der Waals surface area contributed by atoms with Gasteiger partial charge in [0.05, 0.1) is 12.9 Å². The molecule has 31 heavy (non-hydrogen) atoms. The summed E-state index contributed by atoms with van der Waals surface area (Å²) in [5.41, 5.74) is 2.22. The molecule has 1 atom stereocenters. The molecule has 6 nitrogen and oxygen atoms in total. The molecule has 0 radical (unpaired) electrons. The van der Waals surface area contributed by atoms with Crippen LogP contribution in [0.15, 0.2) is 67.3 Å². The molecule has 2 heterocycles. The van der Waals surface area contributed by atoms with E-state index < -0.39 is 0 Å². The van der Waals surface area contributed by atoms with Gasteiger partial charge in [0.2, 0.25) is 6.41 Å². The average Bonchev–Trinajstić information content (AvgIpc) is 3.32. The zero-order valence-electron chi connectivity index (χ0n) is 17.4. The first-order valence-corrected chi connectivity index (χ1v) is 10.6. The van der Waals surface area contributed by atoms with Crippen molar-refractivity contribution in [1.29, 1.82) is 0 Å². The number of ether oxygens (including phenoxy) is 1. The fourth-order valence-corrected chi connectivity index (χ4v) is 3.81. The summed E-state index contributed by atoms with van der Waals surface area (Å²) in [6.07, 6.45) is 7.96. The van der Waals surface area contributed by atoms with Crippen molar-refractivity contribution in [3.8, 4) is 5.75 Å². The predicted molar refractivity (Wildman–Crippen MR) is 118 cm³/mol. The van der Waals surface area contributed by atoms with Crippen LogP contribution in [0.1, 0.15) is 12.0 Å². The number of piperazine rings is 1. The third-order valence-corrected chi connectivity index (χ3v) is 5.61. The fourth-order valence-electron chi connectivity index (χ4n) is 3.81. The standard InChI is InChI=1S/C24H27FN4O2/c25-21-4-1-20(2-5-21)3-8-24(17-28-12-11-26-18-28)31-23-9-6-22(7-10-23)29-15-13-27(19-30)14-16-29/h1-2,4-7,9-12,18-19,24H,3,8,13-17H2. The van der Waals surface area contributed by atoms with E-state index in [0.717, 1.165) is 62.4 Å². The number of amides is 1. The molecule has 1 aliphatic heterocycles. The maximum atomic E-state index is 13.2. The van der Waals surface area contributed by atoms with Crippen molar-refractivity contribution in [1.82, 2.24) is 14.5 Å². The molecule has 1 aliphatic rings. The predicted octanol–water partition coefficient (Wildman–Crippen LogP) is 3.38. The maximum Gasteiger partial charge on any atom is 0.209 e. The number of aromatic nitrogens is 2. The number of rotatable bonds is 9. The Bertz CT molecular complexity index is 937. The quantitative estimate of drug-likeness (QED) is 0.496. The second-order valence-corrected chi connectivity index (χ2v) is 7.79. The zero-order chi connectivity index (χ0) is 21.5. The average molecular weight is 423 g/mol. The van der Waals surface area contributed by atoms with Gasteiger partial charge in [-0.3, -0.25) is 4.79 Å². The normalized spacial score (nSPS) is 15.0. The van der Waals surface area contributed by atoms with Crippen LogP contribution in [0.4, 0.5) is 10.1 Å². The molecule has 0 N–H and O–H groups in total. The first kappa shape index (κ1) is 20.9. The summed E-state index contributed by atoms with van der Waals surface area (Å²) in [4.78, 5) is 19.1. The summed E-state index contributed by atoms with van der Waals surface area (Å²) >= 11 is 0. The SMILES string of the molecule is O=CN1CCN(c2ccc(OC(CCc3ccc(F)cc3)Cn3ccnc3)cc2)CC1. The number of nitrogens with zero attached hydrogens (tertiary/aromatic N) is 4.